The van der Waals surface area contributed by atoms with Crippen LogP contribution < -0.4 is 0 Å². The molecule has 86 valence electrons. The quantitative estimate of drug-likeness (QED) is 0.716. The molecule has 0 spiro atoms. The van der Waals surface area contributed by atoms with Gasteiger partial charge in [0.05, 0.1) is 5.56 Å². The third-order valence-electron chi connectivity index (χ3n) is 2.23. The van der Waals surface area contributed by atoms with Gasteiger partial charge in [0.25, 0.3) is 5.91 Å². The van der Waals surface area contributed by atoms with Crippen molar-refractivity contribution in [3.63, 3.8) is 0 Å². The van der Waals surface area contributed by atoms with Crippen molar-refractivity contribution in [3.05, 3.63) is 47.8 Å². The summed E-state index contributed by atoms with van der Waals surface area (Å²) in [6.45, 7) is 8.46. The lowest BCUT2D eigenvalue weighted by molar-refractivity contribution is 0.0773. The fourth-order valence-electron chi connectivity index (χ4n) is 1.46. The molecule has 0 aliphatic carbocycles. The molecule has 0 N–H and O–H groups in total. The van der Waals surface area contributed by atoms with E-state index in [2.05, 4.69) is 6.58 Å². The van der Waals surface area contributed by atoms with Crippen molar-refractivity contribution in [1.82, 2.24) is 4.90 Å². The molecule has 1 aromatic carbocycles. The van der Waals surface area contributed by atoms with Gasteiger partial charge in [-0.05, 0) is 26.0 Å². The molecule has 1 aromatic rings. The van der Waals surface area contributed by atoms with Gasteiger partial charge in [0.2, 0.25) is 0 Å². The molecule has 2 nitrogen and oxygen atoms in total. The van der Waals surface area contributed by atoms with Crippen LogP contribution in [0.3, 0.4) is 0 Å². The predicted molar refractivity (Wildman–Crippen MR) is 62.8 cm³/mol. The van der Waals surface area contributed by atoms with Crippen LogP contribution in [0.1, 0.15) is 24.2 Å². The number of carbonyl (C=O) groups is 1. The predicted octanol–water partition coefficient (Wildman–Crippen LogP) is 2.86. The molecule has 0 saturated carbocycles. The van der Waals surface area contributed by atoms with E-state index in [1.807, 2.05) is 13.8 Å². The maximum absolute atomic E-state index is 13.4. The van der Waals surface area contributed by atoms with Crippen molar-refractivity contribution in [1.29, 1.82) is 0 Å². The molecule has 3 heteroatoms. The zero-order valence-corrected chi connectivity index (χ0v) is 9.66. The first-order chi connectivity index (χ1) is 7.56. The lowest BCUT2D eigenvalue weighted by Crippen LogP contribution is -2.32. The summed E-state index contributed by atoms with van der Waals surface area (Å²) < 4.78 is 13.4. The fraction of sp³-hybridized carbons (Fsp3) is 0.308. The van der Waals surface area contributed by atoms with Gasteiger partial charge in [-0.25, -0.2) is 4.39 Å². The van der Waals surface area contributed by atoms with Crippen molar-refractivity contribution in [2.45, 2.75) is 13.8 Å². The van der Waals surface area contributed by atoms with E-state index < -0.39 is 5.82 Å². The van der Waals surface area contributed by atoms with Gasteiger partial charge in [0, 0.05) is 13.1 Å². The summed E-state index contributed by atoms with van der Waals surface area (Å²) in [6.07, 6.45) is 0. The van der Waals surface area contributed by atoms with Crippen molar-refractivity contribution >= 4 is 5.91 Å². The number of hydrogen-bond donors (Lipinski definition) is 0. The maximum atomic E-state index is 13.4. The van der Waals surface area contributed by atoms with Crippen LogP contribution in [0.2, 0.25) is 0 Å². The second-order valence-electron chi connectivity index (χ2n) is 3.76. The SMILES string of the molecule is C=C(C)CN(CC)C(=O)c1ccccc1F. The van der Waals surface area contributed by atoms with E-state index in [-0.39, 0.29) is 11.5 Å². The summed E-state index contributed by atoms with van der Waals surface area (Å²) in [6, 6.07) is 6.02. The zero-order valence-electron chi connectivity index (χ0n) is 9.66. The van der Waals surface area contributed by atoms with Crippen LogP contribution >= 0.6 is 0 Å². The van der Waals surface area contributed by atoms with Gasteiger partial charge >= 0.3 is 0 Å². The first-order valence-corrected chi connectivity index (χ1v) is 5.24. The van der Waals surface area contributed by atoms with Gasteiger partial charge in [-0.1, -0.05) is 24.3 Å². The summed E-state index contributed by atoms with van der Waals surface area (Å²) in [7, 11) is 0. The third kappa shape index (κ3) is 2.92. The highest BCUT2D eigenvalue weighted by Gasteiger charge is 2.17. The molecule has 0 aliphatic heterocycles. The highest BCUT2D eigenvalue weighted by atomic mass is 19.1. The van der Waals surface area contributed by atoms with E-state index >= 15 is 0 Å². The molecule has 0 saturated heterocycles. The molecule has 1 rings (SSSR count). The Morgan fingerprint density at radius 1 is 1.44 bits per heavy atom. The first-order valence-electron chi connectivity index (χ1n) is 5.24. The highest BCUT2D eigenvalue weighted by Crippen LogP contribution is 2.10. The Labute approximate surface area is 95.4 Å². The molecule has 0 radical (unpaired) electrons. The summed E-state index contributed by atoms with van der Waals surface area (Å²) in [5, 5.41) is 0. The number of likely N-dealkylation sites (N-methyl/N-ethyl adjacent to an activating group) is 1. The highest BCUT2D eigenvalue weighted by molar-refractivity contribution is 5.94. The van der Waals surface area contributed by atoms with Crippen molar-refractivity contribution < 1.29 is 9.18 Å². The molecule has 0 unspecified atom stereocenters. The summed E-state index contributed by atoms with van der Waals surface area (Å²) in [5.74, 6) is -0.767. The van der Waals surface area contributed by atoms with Crippen LogP contribution in [-0.2, 0) is 0 Å². The molecule has 0 aromatic heterocycles. The number of benzene rings is 1. The van der Waals surface area contributed by atoms with E-state index in [0.717, 1.165) is 5.57 Å². The van der Waals surface area contributed by atoms with Gasteiger partial charge in [0.1, 0.15) is 5.82 Å². The van der Waals surface area contributed by atoms with E-state index in [1.54, 1.807) is 17.0 Å². The Kier molecular flexibility index (Phi) is 4.23. The number of nitrogens with zero attached hydrogens (tertiary/aromatic N) is 1. The topological polar surface area (TPSA) is 20.3 Å². The van der Waals surface area contributed by atoms with Crippen molar-refractivity contribution in [2.24, 2.45) is 0 Å². The van der Waals surface area contributed by atoms with Crippen molar-refractivity contribution in [3.8, 4) is 0 Å². The average molecular weight is 221 g/mol. The minimum absolute atomic E-state index is 0.116. The number of carbonyl (C=O) groups excluding carboxylic acids is 1. The molecular formula is C13H16FNO. The van der Waals surface area contributed by atoms with Gasteiger partial charge < -0.3 is 4.90 Å². The lowest BCUT2D eigenvalue weighted by Gasteiger charge is -2.21. The van der Waals surface area contributed by atoms with Crippen LogP contribution in [0.4, 0.5) is 4.39 Å². The molecule has 16 heavy (non-hydrogen) atoms. The van der Waals surface area contributed by atoms with Crippen LogP contribution in [0.5, 0.6) is 0 Å². The molecule has 0 bridgehead atoms. The molecule has 0 atom stereocenters. The molecule has 0 aliphatic rings. The molecule has 0 heterocycles. The molecule has 1 amide bonds. The second kappa shape index (κ2) is 5.45. The monoisotopic (exact) mass is 221 g/mol. The van der Waals surface area contributed by atoms with Crippen molar-refractivity contribution in [2.75, 3.05) is 13.1 Å². The number of rotatable bonds is 4. The number of halogens is 1. The number of hydrogen-bond acceptors (Lipinski definition) is 1. The second-order valence-corrected chi connectivity index (χ2v) is 3.76. The van der Waals surface area contributed by atoms with Crippen LogP contribution in [0.15, 0.2) is 36.4 Å². The minimum Gasteiger partial charge on any atom is -0.335 e. The first kappa shape index (κ1) is 12.4. The Bertz CT molecular complexity index is 401. The number of amides is 1. The summed E-state index contributed by atoms with van der Waals surface area (Å²) in [5.41, 5.74) is 0.997. The van der Waals surface area contributed by atoms with Crippen LogP contribution in [0.25, 0.3) is 0 Å². The van der Waals surface area contributed by atoms with E-state index in [1.165, 1.54) is 12.1 Å². The smallest absolute Gasteiger partial charge is 0.257 e. The Hall–Kier alpha value is -1.64. The standard InChI is InChI=1S/C13H16FNO/c1-4-15(9-10(2)3)13(16)11-7-5-6-8-12(11)14/h5-8H,2,4,9H2,1,3H3. The molecule has 0 fully saturated rings. The Morgan fingerprint density at radius 2 is 2.06 bits per heavy atom. The van der Waals surface area contributed by atoms with Crippen LogP contribution in [-0.4, -0.2) is 23.9 Å². The average Bonchev–Trinajstić information content (AvgIpc) is 2.25. The fourth-order valence-corrected chi connectivity index (χ4v) is 1.46. The summed E-state index contributed by atoms with van der Waals surface area (Å²) >= 11 is 0. The normalized spacial score (nSPS) is 9.94. The third-order valence-corrected chi connectivity index (χ3v) is 2.23. The van der Waals surface area contributed by atoms with Gasteiger partial charge in [-0.2, -0.15) is 0 Å². The van der Waals surface area contributed by atoms with Gasteiger partial charge in [0.15, 0.2) is 0 Å². The van der Waals surface area contributed by atoms with E-state index in [9.17, 15) is 9.18 Å². The molecular weight excluding hydrogens is 205 g/mol. The van der Waals surface area contributed by atoms with Crippen LogP contribution in [0, 0.1) is 5.82 Å². The maximum Gasteiger partial charge on any atom is 0.257 e. The largest absolute Gasteiger partial charge is 0.335 e. The lowest BCUT2D eigenvalue weighted by atomic mass is 10.1. The van der Waals surface area contributed by atoms with E-state index in [4.69, 9.17) is 0 Å². The Balaban J connectivity index is 2.91. The van der Waals surface area contributed by atoms with E-state index in [0.29, 0.717) is 13.1 Å². The van der Waals surface area contributed by atoms with Gasteiger partial charge in [-0.15, -0.1) is 0 Å². The zero-order chi connectivity index (χ0) is 12.1. The minimum atomic E-state index is -0.479. The summed E-state index contributed by atoms with van der Waals surface area (Å²) in [4.78, 5) is 13.5. The van der Waals surface area contributed by atoms with Gasteiger partial charge in [-0.3, -0.25) is 4.79 Å². The Morgan fingerprint density at radius 3 is 2.56 bits per heavy atom.